The lowest BCUT2D eigenvalue weighted by Crippen LogP contribution is -2.56. The van der Waals surface area contributed by atoms with Crippen molar-refractivity contribution in [3.05, 3.63) is 0 Å². The third kappa shape index (κ3) is 3.09. The Kier molecular flexibility index (Phi) is 4.57. The number of hydrogen-bond acceptors (Lipinski definition) is 2. The van der Waals surface area contributed by atoms with Gasteiger partial charge < -0.3 is 9.80 Å². The van der Waals surface area contributed by atoms with Gasteiger partial charge in [0.05, 0.1) is 5.92 Å². The van der Waals surface area contributed by atoms with Gasteiger partial charge in [-0.1, -0.05) is 19.8 Å². The number of amides is 2. The van der Waals surface area contributed by atoms with Crippen LogP contribution in [0.15, 0.2) is 0 Å². The lowest BCUT2D eigenvalue weighted by atomic mass is 9.72. The van der Waals surface area contributed by atoms with E-state index in [1.807, 2.05) is 4.90 Å². The molecule has 0 radical (unpaired) electrons. The van der Waals surface area contributed by atoms with E-state index in [0.29, 0.717) is 30.3 Å². The predicted molar refractivity (Wildman–Crippen MR) is 93.3 cm³/mol. The van der Waals surface area contributed by atoms with Crippen LogP contribution in [-0.2, 0) is 9.59 Å². The third-order valence-electron chi connectivity index (χ3n) is 7.03. The molecule has 2 saturated heterocycles. The fourth-order valence-electron chi connectivity index (χ4n) is 5.39. The molecule has 0 aromatic heterocycles. The lowest BCUT2D eigenvalue weighted by molar-refractivity contribution is -0.147. The van der Waals surface area contributed by atoms with Crippen molar-refractivity contribution < 1.29 is 9.59 Å². The molecule has 0 aromatic carbocycles. The first-order valence-corrected chi connectivity index (χ1v) is 10.2. The highest BCUT2D eigenvalue weighted by atomic mass is 16.2. The fourth-order valence-corrected chi connectivity index (χ4v) is 5.39. The third-order valence-corrected chi connectivity index (χ3v) is 7.03. The summed E-state index contributed by atoms with van der Waals surface area (Å²) < 4.78 is 0. The van der Waals surface area contributed by atoms with Gasteiger partial charge in [-0.3, -0.25) is 9.59 Å². The van der Waals surface area contributed by atoms with Crippen LogP contribution in [0.2, 0.25) is 0 Å². The van der Waals surface area contributed by atoms with E-state index in [1.165, 1.54) is 25.7 Å². The quantitative estimate of drug-likeness (QED) is 0.780. The molecule has 2 amide bonds. The maximum atomic E-state index is 13.3. The first-order valence-electron chi connectivity index (χ1n) is 10.2. The van der Waals surface area contributed by atoms with E-state index in [0.717, 1.165) is 51.1 Å². The Morgan fingerprint density at radius 2 is 1.58 bits per heavy atom. The minimum absolute atomic E-state index is 0.0532. The van der Waals surface area contributed by atoms with Crippen LogP contribution in [0.5, 0.6) is 0 Å². The van der Waals surface area contributed by atoms with E-state index < -0.39 is 0 Å². The standard InChI is InChI=1S/C20H32N2O2/c1-14-10-12-22(18-7-3-2-6-17(14)18)20(24)16-5-4-11-21(13-16)19(23)15-8-9-15/h14-18H,2-13H2,1H3/t14-,16-,17+,18-/m1/s1. The molecule has 2 saturated carbocycles. The van der Waals surface area contributed by atoms with Gasteiger partial charge in [0, 0.05) is 31.6 Å². The van der Waals surface area contributed by atoms with Gasteiger partial charge in [-0.15, -0.1) is 0 Å². The van der Waals surface area contributed by atoms with Crippen LogP contribution >= 0.6 is 0 Å². The van der Waals surface area contributed by atoms with Gasteiger partial charge in [0.15, 0.2) is 0 Å². The maximum Gasteiger partial charge on any atom is 0.227 e. The average Bonchev–Trinajstić information content (AvgIpc) is 3.46. The number of nitrogens with zero attached hydrogens (tertiary/aromatic N) is 2. The van der Waals surface area contributed by atoms with Crippen molar-refractivity contribution in [3.8, 4) is 0 Å². The summed E-state index contributed by atoms with van der Waals surface area (Å²) in [6, 6.07) is 0.476. The largest absolute Gasteiger partial charge is 0.342 e. The molecule has 134 valence electrons. The van der Waals surface area contributed by atoms with Crippen molar-refractivity contribution in [1.82, 2.24) is 9.80 Å². The van der Waals surface area contributed by atoms with E-state index in [4.69, 9.17) is 0 Å². The zero-order chi connectivity index (χ0) is 16.7. The summed E-state index contributed by atoms with van der Waals surface area (Å²) in [6.45, 7) is 4.86. The van der Waals surface area contributed by atoms with Crippen molar-refractivity contribution in [1.29, 1.82) is 0 Å². The first-order chi connectivity index (χ1) is 11.6. The van der Waals surface area contributed by atoms with E-state index in [9.17, 15) is 9.59 Å². The van der Waals surface area contributed by atoms with Crippen LogP contribution in [0.25, 0.3) is 0 Å². The highest BCUT2D eigenvalue weighted by Gasteiger charge is 2.43. The molecule has 4 rings (SSSR count). The molecule has 4 heteroatoms. The van der Waals surface area contributed by atoms with Crippen molar-refractivity contribution in [2.75, 3.05) is 19.6 Å². The van der Waals surface area contributed by atoms with E-state index in [2.05, 4.69) is 11.8 Å². The van der Waals surface area contributed by atoms with Gasteiger partial charge in [-0.05, 0) is 56.8 Å². The molecule has 2 heterocycles. The molecule has 4 atom stereocenters. The summed E-state index contributed by atoms with van der Waals surface area (Å²) in [7, 11) is 0. The molecule has 2 aliphatic carbocycles. The molecule has 4 fully saturated rings. The fraction of sp³-hybridized carbons (Fsp3) is 0.900. The van der Waals surface area contributed by atoms with Crippen LogP contribution in [0.1, 0.15) is 64.7 Å². The molecule has 2 aliphatic heterocycles. The maximum absolute atomic E-state index is 13.3. The number of likely N-dealkylation sites (tertiary alicyclic amines) is 2. The van der Waals surface area contributed by atoms with Gasteiger partial charge in [0.1, 0.15) is 0 Å². The summed E-state index contributed by atoms with van der Waals surface area (Å²) in [6.07, 6.45) is 10.3. The van der Waals surface area contributed by atoms with Crippen LogP contribution in [0.4, 0.5) is 0 Å². The summed E-state index contributed by atoms with van der Waals surface area (Å²) >= 11 is 0. The Hall–Kier alpha value is -1.06. The van der Waals surface area contributed by atoms with Crippen LogP contribution < -0.4 is 0 Å². The number of hydrogen-bond donors (Lipinski definition) is 0. The smallest absolute Gasteiger partial charge is 0.227 e. The molecular weight excluding hydrogens is 300 g/mol. The average molecular weight is 332 g/mol. The summed E-state index contributed by atoms with van der Waals surface area (Å²) in [5.74, 6) is 2.47. The second-order valence-corrected chi connectivity index (χ2v) is 8.71. The van der Waals surface area contributed by atoms with E-state index in [1.54, 1.807) is 0 Å². The summed E-state index contributed by atoms with van der Waals surface area (Å²) in [4.78, 5) is 29.9. The Morgan fingerprint density at radius 3 is 2.38 bits per heavy atom. The Balaban J connectivity index is 1.43. The number of rotatable bonds is 2. The van der Waals surface area contributed by atoms with E-state index in [-0.39, 0.29) is 11.8 Å². The molecule has 0 bridgehead atoms. The van der Waals surface area contributed by atoms with Crippen molar-refractivity contribution in [2.45, 2.75) is 70.8 Å². The van der Waals surface area contributed by atoms with Crippen molar-refractivity contribution in [3.63, 3.8) is 0 Å². The molecular formula is C20H32N2O2. The normalized spacial score (nSPS) is 37.0. The van der Waals surface area contributed by atoms with Crippen molar-refractivity contribution in [2.24, 2.45) is 23.7 Å². The molecule has 24 heavy (non-hydrogen) atoms. The molecule has 4 nitrogen and oxygen atoms in total. The highest BCUT2D eigenvalue weighted by molar-refractivity contribution is 5.83. The van der Waals surface area contributed by atoms with Gasteiger partial charge in [0.2, 0.25) is 11.8 Å². The van der Waals surface area contributed by atoms with Crippen LogP contribution in [-0.4, -0.2) is 47.3 Å². The van der Waals surface area contributed by atoms with Crippen molar-refractivity contribution >= 4 is 11.8 Å². The number of piperidine rings is 2. The summed E-state index contributed by atoms with van der Waals surface area (Å²) in [5.41, 5.74) is 0. The van der Waals surface area contributed by atoms with Crippen LogP contribution in [0, 0.1) is 23.7 Å². The Bertz CT molecular complexity index is 502. The number of carbonyl (C=O) groups excluding carboxylic acids is 2. The molecule has 0 N–H and O–H groups in total. The Labute approximate surface area is 145 Å². The monoisotopic (exact) mass is 332 g/mol. The molecule has 4 aliphatic rings. The van der Waals surface area contributed by atoms with Gasteiger partial charge >= 0.3 is 0 Å². The number of fused-ring (bicyclic) bond motifs is 1. The van der Waals surface area contributed by atoms with Gasteiger partial charge in [-0.2, -0.15) is 0 Å². The SMILES string of the molecule is C[C@@H]1CCN(C(=O)[C@@H]2CCCN(C(=O)C3CC3)C2)[C@@H]2CCCC[C@@H]12. The second kappa shape index (κ2) is 6.68. The zero-order valence-corrected chi connectivity index (χ0v) is 15.1. The predicted octanol–water partition coefficient (Wildman–Crippen LogP) is 3.06. The minimum Gasteiger partial charge on any atom is -0.342 e. The second-order valence-electron chi connectivity index (χ2n) is 8.71. The first kappa shape index (κ1) is 16.4. The Morgan fingerprint density at radius 1 is 0.792 bits per heavy atom. The zero-order valence-electron chi connectivity index (χ0n) is 15.1. The molecule has 0 spiro atoms. The topological polar surface area (TPSA) is 40.6 Å². The minimum atomic E-state index is 0.0532. The molecule has 0 aromatic rings. The molecule has 0 unspecified atom stereocenters. The highest BCUT2D eigenvalue weighted by Crippen LogP contribution is 2.40. The van der Waals surface area contributed by atoms with Gasteiger partial charge in [-0.25, -0.2) is 0 Å². The van der Waals surface area contributed by atoms with Crippen LogP contribution in [0.3, 0.4) is 0 Å². The number of carbonyl (C=O) groups is 2. The van der Waals surface area contributed by atoms with Gasteiger partial charge in [0.25, 0.3) is 0 Å². The summed E-state index contributed by atoms with van der Waals surface area (Å²) in [5, 5.41) is 0. The lowest BCUT2D eigenvalue weighted by Gasteiger charge is -2.48. The van der Waals surface area contributed by atoms with E-state index >= 15 is 0 Å².